The fraction of sp³-hybridized carbons (Fsp3) is 0.200. The van der Waals surface area contributed by atoms with E-state index in [2.05, 4.69) is 5.32 Å². The predicted octanol–water partition coefficient (Wildman–Crippen LogP) is 2.75. The van der Waals surface area contributed by atoms with Crippen LogP contribution < -0.4 is 5.32 Å². The van der Waals surface area contributed by atoms with E-state index < -0.39 is 11.6 Å². The third-order valence-electron chi connectivity index (χ3n) is 2.93. The van der Waals surface area contributed by atoms with E-state index in [0.29, 0.717) is 18.7 Å². The molecule has 19 heavy (non-hydrogen) atoms. The van der Waals surface area contributed by atoms with Gasteiger partial charge in [0.1, 0.15) is 11.6 Å². The molecule has 2 nitrogen and oxygen atoms in total. The van der Waals surface area contributed by atoms with Crippen LogP contribution in [0, 0.1) is 11.6 Å². The summed E-state index contributed by atoms with van der Waals surface area (Å²) in [7, 11) is 0. The number of rotatable bonds is 5. The molecule has 0 unspecified atom stereocenters. The van der Waals surface area contributed by atoms with Gasteiger partial charge in [0, 0.05) is 24.7 Å². The van der Waals surface area contributed by atoms with Crippen molar-refractivity contribution in [2.75, 3.05) is 0 Å². The standard InChI is InChI=1S/C15H15F2NO/c16-14-6-5-12(15(17)7-14)9-18-8-11-3-1-2-4-13(11)10-19/h1-7,18-19H,8-10H2. The highest BCUT2D eigenvalue weighted by Crippen LogP contribution is 2.11. The Bertz CT molecular complexity index is 558. The highest BCUT2D eigenvalue weighted by Gasteiger charge is 2.04. The first-order valence-corrected chi connectivity index (χ1v) is 6.03. The molecule has 2 rings (SSSR count). The molecule has 100 valence electrons. The van der Waals surface area contributed by atoms with Crippen LogP contribution in [0.2, 0.25) is 0 Å². The van der Waals surface area contributed by atoms with Crippen LogP contribution in [0.5, 0.6) is 0 Å². The van der Waals surface area contributed by atoms with Crippen molar-refractivity contribution in [2.45, 2.75) is 19.7 Å². The minimum Gasteiger partial charge on any atom is -0.392 e. The number of hydrogen-bond donors (Lipinski definition) is 2. The molecular weight excluding hydrogens is 248 g/mol. The topological polar surface area (TPSA) is 32.3 Å². The van der Waals surface area contributed by atoms with Crippen molar-refractivity contribution >= 4 is 0 Å². The molecule has 4 heteroatoms. The number of hydrogen-bond acceptors (Lipinski definition) is 2. The molecule has 0 spiro atoms. The van der Waals surface area contributed by atoms with Gasteiger partial charge in [0.2, 0.25) is 0 Å². The van der Waals surface area contributed by atoms with Crippen LogP contribution in [0.3, 0.4) is 0 Å². The Hall–Kier alpha value is -1.78. The van der Waals surface area contributed by atoms with Crippen LogP contribution in [0.25, 0.3) is 0 Å². The zero-order valence-corrected chi connectivity index (χ0v) is 10.4. The quantitative estimate of drug-likeness (QED) is 0.869. The van der Waals surface area contributed by atoms with Crippen LogP contribution in [0.1, 0.15) is 16.7 Å². The van der Waals surface area contributed by atoms with Crippen LogP contribution in [0.15, 0.2) is 42.5 Å². The molecule has 0 fully saturated rings. The van der Waals surface area contributed by atoms with Gasteiger partial charge >= 0.3 is 0 Å². The van der Waals surface area contributed by atoms with Gasteiger partial charge < -0.3 is 10.4 Å². The summed E-state index contributed by atoms with van der Waals surface area (Å²) in [5.41, 5.74) is 2.23. The monoisotopic (exact) mass is 263 g/mol. The zero-order chi connectivity index (χ0) is 13.7. The lowest BCUT2D eigenvalue weighted by atomic mass is 10.1. The summed E-state index contributed by atoms with van der Waals surface area (Å²) >= 11 is 0. The smallest absolute Gasteiger partial charge is 0.130 e. The average Bonchev–Trinajstić information content (AvgIpc) is 2.42. The minimum atomic E-state index is -0.577. The molecule has 0 heterocycles. The molecule has 0 aliphatic carbocycles. The van der Waals surface area contributed by atoms with E-state index in [0.717, 1.165) is 17.2 Å². The number of aliphatic hydroxyl groups excluding tert-OH is 1. The van der Waals surface area contributed by atoms with Gasteiger partial charge in [-0.05, 0) is 17.2 Å². The molecular formula is C15H15F2NO. The first kappa shape index (κ1) is 13.6. The maximum Gasteiger partial charge on any atom is 0.130 e. The van der Waals surface area contributed by atoms with Crippen LogP contribution >= 0.6 is 0 Å². The maximum absolute atomic E-state index is 13.4. The van der Waals surface area contributed by atoms with E-state index >= 15 is 0 Å². The number of aliphatic hydroxyl groups is 1. The first-order chi connectivity index (χ1) is 9.20. The Kier molecular flexibility index (Phi) is 4.60. The molecule has 0 aliphatic rings. The lowest BCUT2D eigenvalue weighted by molar-refractivity contribution is 0.280. The molecule has 2 aromatic carbocycles. The van der Waals surface area contributed by atoms with E-state index in [1.807, 2.05) is 24.3 Å². The Morgan fingerprint density at radius 2 is 1.58 bits per heavy atom. The zero-order valence-electron chi connectivity index (χ0n) is 10.4. The molecule has 0 amide bonds. The number of halogens is 2. The Balaban J connectivity index is 1.96. The Morgan fingerprint density at radius 3 is 2.26 bits per heavy atom. The van der Waals surface area contributed by atoms with Crippen LogP contribution in [0.4, 0.5) is 8.78 Å². The summed E-state index contributed by atoms with van der Waals surface area (Å²) in [6, 6.07) is 11.0. The third kappa shape index (κ3) is 3.59. The second kappa shape index (κ2) is 6.41. The molecule has 0 aromatic heterocycles. The van der Waals surface area contributed by atoms with E-state index in [-0.39, 0.29) is 6.61 Å². The van der Waals surface area contributed by atoms with Gasteiger partial charge in [-0.25, -0.2) is 8.78 Å². The lowest BCUT2D eigenvalue weighted by Crippen LogP contribution is -2.15. The molecule has 0 bridgehead atoms. The summed E-state index contributed by atoms with van der Waals surface area (Å²) in [4.78, 5) is 0. The lowest BCUT2D eigenvalue weighted by Gasteiger charge is -2.09. The Labute approximate surface area is 110 Å². The van der Waals surface area contributed by atoms with E-state index in [9.17, 15) is 13.9 Å². The SMILES string of the molecule is OCc1ccccc1CNCc1ccc(F)cc1F. The summed E-state index contributed by atoms with van der Waals surface area (Å²) < 4.78 is 26.1. The van der Waals surface area contributed by atoms with Gasteiger partial charge in [-0.3, -0.25) is 0 Å². The highest BCUT2D eigenvalue weighted by molar-refractivity contribution is 5.26. The predicted molar refractivity (Wildman–Crippen MR) is 69.3 cm³/mol. The largest absolute Gasteiger partial charge is 0.392 e. The van der Waals surface area contributed by atoms with Crippen molar-refractivity contribution in [3.8, 4) is 0 Å². The summed E-state index contributed by atoms with van der Waals surface area (Å²) in [5.74, 6) is -1.13. The van der Waals surface area contributed by atoms with E-state index in [4.69, 9.17) is 0 Å². The maximum atomic E-state index is 13.4. The molecule has 0 radical (unpaired) electrons. The van der Waals surface area contributed by atoms with Crippen LogP contribution in [-0.2, 0) is 19.7 Å². The summed E-state index contributed by atoms with van der Waals surface area (Å²) in [5, 5.41) is 12.3. The normalized spacial score (nSPS) is 10.7. The van der Waals surface area contributed by atoms with E-state index in [1.54, 1.807) is 0 Å². The van der Waals surface area contributed by atoms with Crippen molar-refractivity contribution in [3.63, 3.8) is 0 Å². The van der Waals surface area contributed by atoms with Crippen molar-refractivity contribution in [3.05, 3.63) is 70.8 Å². The average molecular weight is 263 g/mol. The Morgan fingerprint density at radius 1 is 0.895 bits per heavy atom. The fourth-order valence-electron chi connectivity index (χ4n) is 1.88. The molecule has 2 N–H and O–H groups in total. The third-order valence-corrected chi connectivity index (χ3v) is 2.93. The van der Waals surface area contributed by atoms with Crippen molar-refractivity contribution in [2.24, 2.45) is 0 Å². The fourth-order valence-corrected chi connectivity index (χ4v) is 1.88. The van der Waals surface area contributed by atoms with Crippen molar-refractivity contribution in [1.82, 2.24) is 5.32 Å². The van der Waals surface area contributed by atoms with Gasteiger partial charge in [0.05, 0.1) is 6.61 Å². The van der Waals surface area contributed by atoms with Gasteiger partial charge in [0.15, 0.2) is 0 Å². The first-order valence-electron chi connectivity index (χ1n) is 6.03. The van der Waals surface area contributed by atoms with Gasteiger partial charge in [0.25, 0.3) is 0 Å². The minimum absolute atomic E-state index is 0.0250. The molecule has 2 aromatic rings. The molecule has 0 atom stereocenters. The van der Waals surface area contributed by atoms with Gasteiger partial charge in [-0.15, -0.1) is 0 Å². The number of nitrogens with one attached hydrogen (secondary N) is 1. The van der Waals surface area contributed by atoms with E-state index in [1.165, 1.54) is 12.1 Å². The molecule has 0 saturated carbocycles. The van der Waals surface area contributed by atoms with Gasteiger partial charge in [-0.2, -0.15) is 0 Å². The van der Waals surface area contributed by atoms with Crippen molar-refractivity contribution < 1.29 is 13.9 Å². The molecule has 0 aliphatic heterocycles. The summed E-state index contributed by atoms with van der Waals surface area (Å²) in [6.45, 7) is 0.808. The van der Waals surface area contributed by atoms with Gasteiger partial charge in [-0.1, -0.05) is 30.3 Å². The summed E-state index contributed by atoms with van der Waals surface area (Å²) in [6.07, 6.45) is 0. The highest BCUT2D eigenvalue weighted by atomic mass is 19.1. The van der Waals surface area contributed by atoms with Crippen LogP contribution in [-0.4, -0.2) is 5.11 Å². The molecule has 0 saturated heterocycles. The second-order valence-electron chi connectivity index (χ2n) is 4.27. The number of benzene rings is 2. The second-order valence-corrected chi connectivity index (χ2v) is 4.27. The van der Waals surface area contributed by atoms with Crippen molar-refractivity contribution in [1.29, 1.82) is 0 Å².